The van der Waals surface area contributed by atoms with Crippen molar-refractivity contribution in [2.45, 2.75) is 39.8 Å². The molecule has 0 aliphatic carbocycles. The van der Waals surface area contributed by atoms with E-state index >= 15 is 0 Å². The normalized spacial score (nSPS) is 10.9. The number of carboxylic acid groups (broad SMARTS) is 1. The standard InChI is InChI=1S/C17H26N6O4/c1-3-27-10-13-22-15-12(8-11(2)21-16(15)18)23(13)7-5-4-6-19-17(26)20-9-14(24)25/h8H,3-7,9-10H2,1-2H3,(H2,18,21)(H,24,25)(H2,19,20,26). The van der Waals surface area contributed by atoms with Crippen LogP contribution in [-0.4, -0.2) is 51.3 Å². The maximum Gasteiger partial charge on any atom is 0.323 e. The largest absolute Gasteiger partial charge is 0.480 e. The molecule has 0 aliphatic rings. The van der Waals surface area contributed by atoms with Gasteiger partial charge in [-0.15, -0.1) is 0 Å². The van der Waals surface area contributed by atoms with Gasteiger partial charge in [0.1, 0.15) is 24.5 Å². The third-order valence-corrected chi connectivity index (χ3v) is 3.90. The molecule has 0 bridgehead atoms. The molecular weight excluding hydrogens is 352 g/mol. The molecule has 2 rings (SSSR count). The number of pyridine rings is 1. The molecular formula is C17H26N6O4. The van der Waals surface area contributed by atoms with Crippen molar-refractivity contribution in [1.29, 1.82) is 0 Å². The molecule has 2 amide bonds. The summed E-state index contributed by atoms with van der Waals surface area (Å²) >= 11 is 0. The van der Waals surface area contributed by atoms with Gasteiger partial charge in [0, 0.05) is 25.4 Å². The number of carboxylic acids is 1. The first-order valence-electron chi connectivity index (χ1n) is 8.85. The zero-order valence-electron chi connectivity index (χ0n) is 15.6. The summed E-state index contributed by atoms with van der Waals surface area (Å²) in [6.07, 6.45) is 1.53. The summed E-state index contributed by atoms with van der Waals surface area (Å²) in [7, 11) is 0. The van der Waals surface area contributed by atoms with Crippen molar-refractivity contribution in [3.8, 4) is 0 Å². The van der Waals surface area contributed by atoms with Crippen molar-refractivity contribution in [1.82, 2.24) is 25.2 Å². The highest BCUT2D eigenvalue weighted by Crippen LogP contribution is 2.22. The molecule has 5 N–H and O–H groups in total. The Kier molecular flexibility index (Phi) is 7.35. The first-order valence-corrected chi connectivity index (χ1v) is 8.85. The second-order valence-corrected chi connectivity index (χ2v) is 6.04. The third-order valence-electron chi connectivity index (χ3n) is 3.90. The summed E-state index contributed by atoms with van der Waals surface area (Å²) in [5.41, 5.74) is 8.41. The van der Waals surface area contributed by atoms with Crippen molar-refractivity contribution in [3.63, 3.8) is 0 Å². The number of ether oxygens (including phenoxy) is 1. The summed E-state index contributed by atoms with van der Waals surface area (Å²) < 4.78 is 7.58. The van der Waals surface area contributed by atoms with Crippen LogP contribution in [-0.2, 0) is 22.7 Å². The first-order chi connectivity index (χ1) is 12.9. The second-order valence-electron chi connectivity index (χ2n) is 6.04. The molecule has 2 aromatic rings. The maximum atomic E-state index is 11.4. The van der Waals surface area contributed by atoms with Crippen LogP contribution < -0.4 is 16.4 Å². The molecule has 0 aromatic carbocycles. The van der Waals surface area contributed by atoms with Crippen molar-refractivity contribution >= 4 is 28.9 Å². The van der Waals surface area contributed by atoms with E-state index in [4.69, 9.17) is 15.6 Å². The highest BCUT2D eigenvalue weighted by molar-refractivity contribution is 5.85. The summed E-state index contributed by atoms with van der Waals surface area (Å²) in [6.45, 7) is 5.53. The average molecular weight is 378 g/mol. The summed E-state index contributed by atoms with van der Waals surface area (Å²) in [5, 5.41) is 13.4. The van der Waals surface area contributed by atoms with Crippen LogP contribution in [0, 0.1) is 6.92 Å². The maximum absolute atomic E-state index is 11.4. The minimum Gasteiger partial charge on any atom is -0.480 e. The van der Waals surface area contributed by atoms with Crippen molar-refractivity contribution in [2.24, 2.45) is 0 Å². The van der Waals surface area contributed by atoms with Gasteiger partial charge in [-0.25, -0.2) is 14.8 Å². The number of aliphatic carboxylic acids is 1. The van der Waals surface area contributed by atoms with Gasteiger partial charge in [-0.1, -0.05) is 0 Å². The van der Waals surface area contributed by atoms with E-state index in [1.54, 1.807) is 0 Å². The van der Waals surface area contributed by atoms with Crippen molar-refractivity contribution in [3.05, 3.63) is 17.6 Å². The molecule has 10 nitrogen and oxygen atoms in total. The number of aryl methyl sites for hydroxylation is 2. The number of rotatable bonds is 10. The minimum atomic E-state index is -1.08. The Morgan fingerprint density at radius 2 is 2.07 bits per heavy atom. The number of hydrogen-bond donors (Lipinski definition) is 4. The Morgan fingerprint density at radius 1 is 1.30 bits per heavy atom. The second kappa shape index (κ2) is 9.72. The van der Waals surface area contributed by atoms with Crippen LogP contribution in [0.2, 0.25) is 0 Å². The molecule has 0 saturated carbocycles. The fourth-order valence-electron chi connectivity index (χ4n) is 2.69. The molecule has 0 atom stereocenters. The molecule has 10 heteroatoms. The fourth-order valence-corrected chi connectivity index (χ4v) is 2.69. The number of nitrogen functional groups attached to an aromatic ring is 1. The van der Waals surface area contributed by atoms with Crippen LogP contribution in [0.1, 0.15) is 31.3 Å². The number of unbranched alkanes of at least 4 members (excludes halogenated alkanes) is 1. The SMILES string of the molecule is CCOCc1nc2c(N)nc(C)cc2n1CCCCNC(=O)NCC(=O)O. The van der Waals surface area contributed by atoms with Gasteiger partial charge < -0.3 is 30.8 Å². The van der Waals surface area contributed by atoms with E-state index < -0.39 is 18.5 Å². The zero-order chi connectivity index (χ0) is 19.8. The number of nitrogens with zero attached hydrogens (tertiary/aromatic N) is 3. The Hall–Kier alpha value is -2.88. The lowest BCUT2D eigenvalue weighted by atomic mass is 10.2. The lowest BCUT2D eigenvalue weighted by Gasteiger charge is -2.10. The van der Waals surface area contributed by atoms with Crippen LogP contribution in [0.5, 0.6) is 0 Å². The number of hydrogen-bond acceptors (Lipinski definition) is 6. The molecule has 0 spiro atoms. The van der Waals surface area contributed by atoms with E-state index in [0.29, 0.717) is 37.6 Å². The Balaban J connectivity index is 1.96. The zero-order valence-corrected chi connectivity index (χ0v) is 15.6. The van der Waals surface area contributed by atoms with E-state index in [1.807, 2.05) is 19.9 Å². The fraction of sp³-hybridized carbons (Fsp3) is 0.529. The van der Waals surface area contributed by atoms with Gasteiger partial charge in [-0.05, 0) is 32.8 Å². The van der Waals surface area contributed by atoms with Gasteiger partial charge in [0.05, 0.1) is 5.52 Å². The smallest absolute Gasteiger partial charge is 0.323 e. The molecule has 0 radical (unpaired) electrons. The van der Waals surface area contributed by atoms with E-state index in [1.165, 1.54) is 0 Å². The van der Waals surface area contributed by atoms with E-state index in [-0.39, 0.29) is 0 Å². The van der Waals surface area contributed by atoms with Gasteiger partial charge in [-0.2, -0.15) is 0 Å². The molecule has 0 aliphatic heterocycles. The molecule has 2 heterocycles. The molecule has 0 saturated heterocycles. The summed E-state index contributed by atoms with van der Waals surface area (Å²) in [6, 6.07) is 1.46. The van der Waals surface area contributed by atoms with Gasteiger partial charge >= 0.3 is 12.0 Å². The van der Waals surface area contributed by atoms with Crippen LogP contribution in [0.25, 0.3) is 11.0 Å². The highest BCUT2D eigenvalue weighted by atomic mass is 16.5. The predicted molar refractivity (Wildman–Crippen MR) is 100 cm³/mol. The number of imidazole rings is 1. The number of nitrogens with two attached hydrogens (primary N) is 1. The molecule has 2 aromatic heterocycles. The number of nitrogens with one attached hydrogen (secondary N) is 2. The monoisotopic (exact) mass is 378 g/mol. The van der Waals surface area contributed by atoms with E-state index in [9.17, 15) is 9.59 Å². The Bertz CT molecular complexity index is 804. The number of carbonyl (C=O) groups excluding carboxylic acids is 1. The van der Waals surface area contributed by atoms with Gasteiger partial charge in [0.2, 0.25) is 0 Å². The van der Waals surface area contributed by atoms with Gasteiger partial charge in [-0.3, -0.25) is 4.79 Å². The van der Waals surface area contributed by atoms with Gasteiger partial charge in [0.25, 0.3) is 0 Å². The lowest BCUT2D eigenvalue weighted by molar-refractivity contribution is -0.135. The number of aromatic nitrogens is 3. The van der Waals surface area contributed by atoms with E-state index in [2.05, 4.69) is 25.2 Å². The Labute approximate surface area is 157 Å². The number of amides is 2. The molecule has 148 valence electrons. The van der Waals surface area contributed by atoms with Crippen LogP contribution in [0.3, 0.4) is 0 Å². The number of fused-ring (bicyclic) bond motifs is 1. The molecule has 27 heavy (non-hydrogen) atoms. The quantitative estimate of drug-likeness (QED) is 0.452. The minimum absolute atomic E-state index is 0.388. The topological polar surface area (TPSA) is 144 Å². The first kappa shape index (κ1) is 20.4. The van der Waals surface area contributed by atoms with Crippen LogP contribution in [0.4, 0.5) is 10.6 Å². The Morgan fingerprint density at radius 3 is 2.78 bits per heavy atom. The number of carbonyl (C=O) groups is 2. The third kappa shape index (κ3) is 5.81. The summed E-state index contributed by atoms with van der Waals surface area (Å²) in [5.74, 6) is 0.111. The average Bonchev–Trinajstić information content (AvgIpc) is 2.95. The van der Waals surface area contributed by atoms with Crippen LogP contribution >= 0.6 is 0 Å². The number of urea groups is 1. The molecule has 0 unspecified atom stereocenters. The van der Waals surface area contributed by atoms with Crippen molar-refractivity contribution < 1.29 is 19.4 Å². The lowest BCUT2D eigenvalue weighted by Crippen LogP contribution is -2.38. The van der Waals surface area contributed by atoms with E-state index in [0.717, 1.165) is 29.9 Å². The highest BCUT2D eigenvalue weighted by Gasteiger charge is 2.14. The van der Waals surface area contributed by atoms with Crippen molar-refractivity contribution in [2.75, 3.05) is 25.4 Å². The molecule has 0 fully saturated rings. The van der Waals surface area contributed by atoms with Gasteiger partial charge in [0.15, 0.2) is 5.82 Å². The number of anilines is 1. The predicted octanol–water partition coefficient (Wildman–Crippen LogP) is 1.02. The van der Waals surface area contributed by atoms with Crippen LogP contribution in [0.15, 0.2) is 6.07 Å². The summed E-state index contributed by atoms with van der Waals surface area (Å²) in [4.78, 5) is 30.7.